The first-order valence-corrected chi connectivity index (χ1v) is 9.38. The summed E-state index contributed by atoms with van der Waals surface area (Å²) in [7, 11) is -1.90. The molecule has 96 valence electrons. The van der Waals surface area contributed by atoms with Crippen molar-refractivity contribution in [2.45, 2.75) is 0 Å². The molecule has 0 bridgehead atoms. The molecule has 0 amide bonds. The first-order chi connectivity index (χ1) is 9.82. The number of aromatic nitrogens is 2. The molecule has 0 fully saturated rings. The Labute approximate surface area is 118 Å². The van der Waals surface area contributed by atoms with Crippen molar-refractivity contribution < 1.29 is 8.68 Å². The van der Waals surface area contributed by atoms with Gasteiger partial charge in [0.15, 0.2) is 0 Å². The molecule has 20 heavy (non-hydrogen) atoms. The standard InChI is InChI=1S/C17H15N2P/c1-20-17-13(15-9-2-4-11-18(15)20)7-6-8-14(17)16-10-3-5-12-19(16)20/h2-12,20H,1H3/q+2. The topological polar surface area (TPSA) is 7.76 Å². The Balaban J connectivity index is 2.04. The molecular formula is C17H15N2P+2. The average molecular weight is 278 g/mol. The van der Waals surface area contributed by atoms with E-state index in [9.17, 15) is 0 Å². The molecule has 2 aliphatic rings. The summed E-state index contributed by atoms with van der Waals surface area (Å²) in [5.74, 6) is 0. The summed E-state index contributed by atoms with van der Waals surface area (Å²) in [6, 6.07) is 19.8. The third-order valence-corrected chi connectivity index (χ3v) is 8.89. The zero-order valence-electron chi connectivity index (χ0n) is 11.2. The Morgan fingerprint density at radius 3 is 1.80 bits per heavy atom. The van der Waals surface area contributed by atoms with E-state index in [2.05, 4.69) is 82.3 Å². The molecule has 0 aliphatic carbocycles. The van der Waals surface area contributed by atoms with E-state index in [0.29, 0.717) is 0 Å². The molecule has 2 aromatic heterocycles. The number of rotatable bonds is 0. The molecule has 0 saturated heterocycles. The van der Waals surface area contributed by atoms with E-state index in [1.807, 2.05) is 0 Å². The minimum absolute atomic E-state index is 1.36. The van der Waals surface area contributed by atoms with Gasteiger partial charge in [0.05, 0.1) is 0 Å². The van der Waals surface area contributed by atoms with Gasteiger partial charge in [-0.1, -0.05) is 0 Å². The molecule has 0 spiro atoms. The molecule has 3 aromatic rings. The third kappa shape index (κ3) is 0.992. The zero-order chi connectivity index (χ0) is 13.3. The second-order valence-corrected chi connectivity index (χ2v) is 9.17. The van der Waals surface area contributed by atoms with Crippen LogP contribution in [0.5, 0.6) is 0 Å². The van der Waals surface area contributed by atoms with Crippen LogP contribution in [0.15, 0.2) is 67.0 Å². The number of nitrogens with zero attached hydrogens (tertiary/aromatic N) is 2. The van der Waals surface area contributed by atoms with E-state index < -0.39 is 7.56 Å². The molecule has 0 unspecified atom stereocenters. The molecule has 5 rings (SSSR count). The molecule has 1 aromatic carbocycles. The molecule has 0 atom stereocenters. The van der Waals surface area contributed by atoms with Crippen molar-refractivity contribution in [3.05, 3.63) is 67.0 Å². The van der Waals surface area contributed by atoms with Crippen LogP contribution in [0.1, 0.15) is 0 Å². The summed E-state index contributed by atoms with van der Waals surface area (Å²) in [5.41, 5.74) is 5.56. The van der Waals surface area contributed by atoms with Crippen molar-refractivity contribution in [3.63, 3.8) is 0 Å². The predicted octanol–water partition coefficient (Wildman–Crippen LogP) is 2.15. The van der Waals surface area contributed by atoms with Crippen LogP contribution in [0, 0.1) is 0 Å². The van der Waals surface area contributed by atoms with Gasteiger partial charge in [-0.3, -0.25) is 0 Å². The van der Waals surface area contributed by atoms with Crippen molar-refractivity contribution in [1.82, 2.24) is 0 Å². The van der Waals surface area contributed by atoms with Crippen molar-refractivity contribution in [2.75, 3.05) is 6.66 Å². The molecular weight excluding hydrogens is 263 g/mol. The maximum absolute atomic E-state index is 2.53. The summed E-state index contributed by atoms with van der Waals surface area (Å²) in [5, 5.41) is 1.57. The van der Waals surface area contributed by atoms with Crippen LogP contribution in [0.2, 0.25) is 0 Å². The Hall–Kier alpha value is -2.05. The Kier molecular flexibility index (Phi) is 1.79. The number of benzene rings is 1. The predicted molar refractivity (Wildman–Crippen MR) is 82.4 cm³/mol. The van der Waals surface area contributed by atoms with Gasteiger partial charge in [-0.05, 0) is 0 Å². The van der Waals surface area contributed by atoms with Gasteiger partial charge >= 0.3 is 118 Å². The fourth-order valence-electron chi connectivity index (χ4n) is 3.93. The van der Waals surface area contributed by atoms with E-state index in [4.69, 9.17) is 0 Å². The van der Waals surface area contributed by atoms with Gasteiger partial charge in [0.1, 0.15) is 0 Å². The van der Waals surface area contributed by atoms with Crippen LogP contribution in [0.25, 0.3) is 22.5 Å². The summed E-state index contributed by atoms with van der Waals surface area (Å²) in [6.07, 6.45) is 4.50. The first-order valence-electron chi connectivity index (χ1n) is 6.98. The van der Waals surface area contributed by atoms with E-state index in [-0.39, 0.29) is 0 Å². The molecule has 2 aliphatic heterocycles. The molecule has 2 nitrogen and oxygen atoms in total. The minimum atomic E-state index is -1.90. The SMILES string of the molecule is C[PH]12c3c(cccc3-c3cccc[n+]31)-c1cccc[n+]12. The van der Waals surface area contributed by atoms with Gasteiger partial charge in [-0.2, -0.15) is 0 Å². The van der Waals surface area contributed by atoms with Gasteiger partial charge in [-0.25, -0.2) is 0 Å². The monoisotopic (exact) mass is 278 g/mol. The van der Waals surface area contributed by atoms with Crippen LogP contribution in [0.4, 0.5) is 0 Å². The van der Waals surface area contributed by atoms with E-state index >= 15 is 0 Å². The number of pyridine rings is 2. The molecule has 0 saturated carbocycles. The van der Waals surface area contributed by atoms with E-state index in [1.165, 1.54) is 22.5 Å². The summed E-state index contributed by atoms with van der Waals surface area (Å²) < 4.78 is 5.05. The van der Waals surface area contributed by atoms with Crippen molar-refractivity contribution in [2.24, 2.45) is 0 Å². The van der Waals surface area contributed by atoms with Gasteiger partial charge < -0.3 is 0 Å². The maximum atomic E-state index is 2.53. The molecule has 0 radical (unpaired) electrons. The van der Waals surface area contributed by atoms with Gasteiger partial charge in [0.25, 0.3) is 0 Å². The van der Waals surface area contributed by atoms with Crippen LogP contribution < -0.4 is 14.0 Å². The Bertz CT molecular complexity index is 820. The second kappa shape index (κ2) is 3.34. The van der Waals surface area contributed by atoms with Crippen molar-refractivity contribution in [1.29, 1.82) is 0 Å². The van der Waals surface area contributed by atoms with E-state index in [0.717, 1.165) is 0 Å². The number of hydrogen-bond donors (Lipinski definition) is 0. The molecule has 4 heterocycles. The Morgan fingerprint density at radius 2 is 1.25 bits per heavy atom. The van der Waals surface area contributed by atoms with Crippen LogP contribution in [0.3, 0.4) is 0 Å². The molecule has 0 N–H and O–H groups in total. The van der Waals surface area contributed by atoms with E-state index in [1.54, 1.807) is 5.30 Å². The fraction of sp³-hybridized carbons (Fsp3) is 0.0588. The number of fused-ring (bicyclic) bond motifs is 6. The third-order valence-electron chi connectivity index (χ3n) is 4.75. The van der Waals surface area contributed by atoms with Crippen LogP contribution in [-0.4, -0.2) is 6.66 Å². The number of hydrogen-bond acceptors (Lipinski definition) is 0. The first kappa shape index (κ1) is 10.7. The van der Waals surface area contributed by atoms with Gasteiger partial charge in [-0.15, -0.1) is 0 Å². The van der Waals surface area contributed by atoms with Gasteiger partial charge in [0, 0.05) is 0 Å². The average Bonchev–Trinajstić information content (AvgIpc) is 2.93. The second-order valence-electron chi connectivity index (χ2n) is 5.66. The van der Waals surface area contributed by atoms with Crippen molar-refractivity contribution >= 4 is 12.9 Å². The van der Waals surface area contributed by atoms with Crippen LogP contribution in [-0.2, 0) is 0 Å². The fourth-order valence-corrected chi connectivity index (χ4v) is 8.17. The normalized spacial score (nSPS) is 17.2. The summed E-state index contributed by atoms with van der Waals surface area (Å²) in [6.45, 7) is 2.45. The quantitative estimate of drug-likeness (QED) is 0.557. The summed E-state index contributed by atoms with van der Waals surface area (Å²) >= 11 is 0. The Morgan fingerprint density at radius 1 is 0.700 bits per heavy atom. The zero-order valence-corrected chi connectivity index (χ0v) is 12.2. The van der Waals surface area contributed by atoms with Crippen molar-refractivity contribution in [3.8, 4) is 22.5 Å². The van der Waals surface area contributed by atoms with Crippen LogP contribution >= 0.6 is 7.56 Å². The molecule has 3 heteroatoms. The van der Waals surface area contributed by atoms with Gasteiger partial charge in [0.2, 0.25) is 0 Å². The summed E-state index contributed by atoms with van der Waals surface area (Å²) in [4.78, 5) is 0.